The SMILES string of the molecule is Cc1c(C(=S)NCCc2ccccc2)cnn1C. The number of aromatic nitrogens is 2. The van der Waals surface area contributed by atoms with Gasteiger partial charge < -0.3 is 5.32 Å². The smallest absolute Gasteiger partial charge is 0.110 e. The average molecular weight is 259 g/mol. The molecule has 0 aliphatic rings. The van der Waals surface area contributed by atoms with Crippen molar-refractivity contribution < 1.29 is 0 Å². The van der Waals surface area contributed by atoms with Gasteiger partial charge in [0.15, 0.2) is 0 Å². The van der Waals surface area contributed by atoms with Crippen LogP contribution < -0.4 is 5.32 Å². The third-order valence-electron chi connectivity index (χ3n) is 3.02. The zero-order chi connectivity index (χ0) is 13.0. The van der Waals surface area contributed by atoms with Gasteiger partial charge in [-0.15, -0.1) is 0 Å². The van der Waals surface area contributed by atoms with Crippen LogP contribution in [0.3, 0.4) is 0 Å². The first kappa shape index (κ1) is 12.8. The second kappa shape index (κ2) is 5.78. The predicted octanol–water partition coefficient (Wildman–Crippen LogP) is 2.24. The van der Waals surface area contributed by atoms with Gasteiger partial charge in [-0.1, -0.05) is 42.5 Å². The first-order valence-electron chi connectivity index (χ1n) is 5.99. The van der Waals surface area contributed by atoms with Crippen LogP contribution in [0.2, 0.25) is 0 Å². The monoisotopic (exact) mass is 259 g/mol. The summed E-state index contributed by atoms with van der Waals surface area (Å²) in [6.45, 7) is 2.87. The van der Waals surface area contributed by atoms with Crippen molar-refractivity contribution >= 4 is 17.2 Å². The highest BCUT2D eigenvalue weighted by Gasteiger charge is 2.08. The summed E-state index contributed by atoms with van der Waals surface area (Å²) in [5.41, 5.74) is 3.42. The van der Waals surface area contributed by atoms with E-state index < -0.39 is 0 Å². The van der Waals surface area contributed by atoms with Crippen molar-refractivity contribution in [3.63, 3.8) is 0 Å². The van der Waals surface area contributed by atoms with Gasteiger partial charge in [0.1, 0.15) is 4.99 Å². The van der Waals surface area contributed by atoms with Gasteiger partial charge in [-0.2, -0.15) is 5.10 Å². The number of thiocarbonyl (C=S) groups is 1. The van der Waals surface area contributed by atoms with E-state index in [4.69, 9.17) is 12.2 Å². The molecule has 0 saturated heterocycles. The standard InChI is InChI=1S/C14H17N3S/c1-11-13(10-16-17(11)2)14(18)15-9-8-12-6-4-3-5-7-12/h3-7,10H,8-9H2,1-2H3,(H,15,18). The van der Waals surface area contributed by atoms with Gasteiger partial charge in [0.2, 0.25) is 0 Å². The van der Waals surface area contributed by atoms with Gasteiger partial charge in [-0.25, -0.2) is 0 Å². The zero-order valence-corrected chi connectivity index (χ0v) is 11.5. The summed E-state index contributed by atoms with van der Waals surface area (Å²) in [7, 11) is 1.92. The molecular formula is C14H17N3S. The number of hydrogen-bond donors (Lipinski definition) is 1. The van der Waals surface area contributed by atoms with Gasteiger partial charge in [-0.05, 0) is 18.9 Å². The molecule has 94 valence electrons. The highest BCUT2D eigenvalue weighted by atomic mass is 32.1. The minimum Gasteiger partial charge on any atom is -0.375 e. The van der Waals surface area contributed by atoms with Gasteiger partial charge in [0.25, 0.3) is 0 Å². The van der Waals surface area contributed by atoms with Crippen molar-refractivity contribution in [1.82, 2.24) is 15.1 Å². The molecule has 0 spiro atoms. The maximum absolute atomic E-state index is 5.37. The Morgan fingerprint density at radius 3 is 2.67 bits per heavy atom. The van der Waals surface area contributed by atoms with Crippen molar-refractivity contribution in [2.75, 3.05) is 6.54 Å². The molecule has 2 rings (SSSR count). The summed E-state index contributed by atoms with van der Waals surface area (Å²) in [6.07, 6.45) is 2.79. The molecular weight excluding hydrogens is 242 g/mol. The normalized spacial score (nSPS) is 10.3. The van der Waals surface area contributed by atoms with E-state index in [1.165, 1.54) is 5.56 Å². The Kier molecular flexibility index (Phi) is 4.10. The van der Waals surface area contributed by atoms with E-state index in [0.717, 1.165) is 29.2 Å². The number of rotatable bonds is 4. The van der Waals surface area contributed by atoms with Crippen molar-refractivity contribution in [3.8, 4) is 0 Å². The highest BCUT2D eigenvalue weighted by molar-refractivity contribution is 7.80. The largest absolute Gasteiger partial charge is 0.375 e. The van der Waals surface area contributed by atoms with Crippen LogP contribution in [0.4, 0.5) is 0 Å². The number of nitrogens with zero attached hydrogens (tertiary/aromatic N) is 2. The van der Waals surface area contributed by atoms with Gasteiger partial charge in [0, 0.05) is 24.8 Å². The third kappa shape index (κ3) is 2.96. The molecule has 0 aliphatic heterocycles. The Hall–Kier alpha value is -1.68. The summed E-state index contributed by atoms with van der Waals surface area (Å²) in [5, 5.41) is 7.47. The quantitative estimate of drug-likeness (QED) is 0.854. The predicted molar refractivity (Wildman–Crippen MR) is 77.8 cm³/mol. The molecule has 3 nitrogen and oxygen atoms in total. The van der Waals surface area contributed by atoms with Crippen molar-refractivity contribution in [1.29, 1.82) is 0 Å². The summed E-state index contributed by atoms with van der Waals surface area (Å²) in [4.78, 5) is 0.775. The average Bonchev–Trinajstić information content (AvgIpc) is 2.71. The number of benzene rings is 1. The van der Waals surface area contributed by atoms with Gasteiger partial charge >= 0.3 is 0 Å². The second-order valence-electron chi connectivity index (χ2n) is 4.26. The van der Waals surface area contributed by atoms with E-state index >= 15 is 0 Å². The van der Waals surface area contributed by atoms with Crippen LogP contribution >= 0.6 is 12.2 Å². The molecule has 1 N–H and O–H groups in total. The van der Waals surface area contributed by atoms with Crippen LogP contribution in [0, 0.1) is 6.92 Å². The lowest BCUT2D eigenvalue weighted by Crippen LogP contribution is -2.25. The first-order chi connectivity index (χ1) is 8.68. The molecule has 4 heteroatoms. The number of aryl methyl sites for hydroxylation is 1. The topological polar surface area (TPSA) is 29.9 Å². The van der Waals surface area contributed by atoms with E-state index in [-0.39, 0.29) is 0 Å². The first-order valence-corrected chi connectivity index (χ1v) is 6.40. The molecule has 0 atom stereocenters. The fourth-order valence-electron chi connectivity index (χ4n) is 1.78. The van der Waals surface area contributed by atoms with Crippen LogP contribution in [-0.2, 0) is 13.5 Å². The second-order valence-corrected chi connectivity index (χ2v) is 4.67. The molecule has 1 aromatic carbocycles. The molecule has 1 aromatic heterocycles. The van der Waals surface area contributed by atoms with Crippen molar-refractivity contribution in [2.24, 2.45) is 7.05 Å². The van der Waals surface area contributed by atoms with E-state index in [1.807, 2.05) is 30.9 Å². The maximum Gasteiger partial charge on any atom is 0.110 e. The van der Waals surface area contributed by atoms with E-state index in [0.29, 0.717) is 0 Å². The Morgan fingerprint density at radius 1 is 1.33 bits per heavy atom. The van der Waals surface area contributed by atoms with Crippen LogP contribution in [0.15, 0.2) is 36.5 Å². The molecule has 0 saturated carbocycles. The van der Waals surface area contributed by atoms with Crippen LogP contribution in [0.25, 0.3) is 0 Å². The van der Waals surface area contributed by atoms with Crippen LogP contribution in [0.5, 0.6) is 0 Å². The minimum absolute atomic E-state index is 0.775. The molecule has 0 unspecified atom stereocenters. The zero-order valence-electron chi connectivity index (χ0n) is 10.7. The Bertz CT molecular complexity index is 531. The summed E-state index contributed by atoms with van der Waals surface area (Å²) in [5.74, 6) is 0. The minimum atomic E-state index is 0.775. The van der Waals surface area contributed by atoms with Crippen molar-refractivity contribution in [3.05, 3.63) is 53.3 Å². The van der Waals surface area contributed by atoms with E-state index in [2.05, 4.69) is 34.7 Å². The summed E-state index contributed by atoms with van der Waals surface area (Å²) >= 11 is 5.37. The molecule has 0 radical (unpaired) electrons. The molecule has 0 amide bonds. The molecule has 18 heavy (non-hydrogen) atoms. The molecule has 0 aliphatic carbocycles. The van der Waals surface area contributed by atoms with Gasteiger partial charge in [0.05, 0.1) is 6.20 Å². The maximum atomic E-state index is 5.37. The fraction of sp³-hybridized carbons (Fsp3) is 0.286. The lowest BCUT2D eigenvalue weighted by molar-refractivity contribution is 0.739. The van der Waals surface area contributed by atoms with E-state index in [1.54, 1.807) is 0 Å². The van der Waals surface area contributed by atoms with Crippen LogP contribution in [0.1, 0.15) is 16.8 Å². The van der Waals surface area contributed by atoms with E-state index in [9.17, 15) is 0 Å². The number of hydrogen-bond acceptors (Lipinski definition) is 2. The van der Waals surface area contributed by atoms with Crippen molar-refractivity contribution in [2.45, 2.75) is 13.3 Å². The van der Waals surface area contributed by atoms with Gasteiger partial charge in [-0.3, -0.25) is 4.68 Å². The molecule has 0 fully saturated rings. The molecule has 2 aromatic rings. The Morgan fingerprint density at radius 2 is 2.06 bits per heavy atom. The van der Waals surface area contributed by atoms with Crippen LogP contribution in [-0.4, -0.2) is 21.3 Å². The summed E-state index contributed by atoms with van der Waals surface area (Å²) in [6, 6.07) is 10.4. The summed E-state index contributed by atoms with van der Waals surface area (Å²) < 4.78 is 1.83. The lowest BCUT2D eigenvalue weighted by atomic mass is 10.1. The Balaban J connectivity index is 1.88. The fourth-order valence-corrected chi connectivity index (χ4v) is 2.08. The lowest BCUT2D eigenvalue weighted by Gasteiger charge is -2.07. The molecule has 0 bridgehead atoms. The highest BCUT2D eigenvalue weighted by Crippen LogP contribution is 2.06. The Labute approximate surface area is 113 Å². The third-order valence-corrected chi connectivity index (χ3v) is 3.39. The molecule has 1 heterocycles. The number of nitrogens with one attached hydrogen (secondary N) is 1.